The molecule has 1 spiro atoms. The lowest BCUT2D eigenvalue weighted by Gasteiger charge is -2.39. The maximum absolute atomic E-state index is 15.2. The van der Waals surface area contributed by atoms with E-state index in [1.165, 1.54) is 38.5 Å². The largest absolute Gasteiger partial charge is 0.497 e. The highest BCUT2D eigenvalue weighted by molar-refractivity contribution is 6.19. The summed E-state index contributed by atoms with van der Waals surface area (Å²) < 4.78 is 11.1. The molecule has 0 aliphatic carbocycles. The number of para-hydroxylation sites is 2. The molecule has 4 aromatic carbocycles. The van der Waals surface area contributed by atoms with E-state index >= 15 is 4.79 Å². The fourth-order valence-electron chi connectivity index (χ4n) is 7.48. The van der Waals surface area contributed by atoms with Gasteiger partial charge in [-0.3, -0.25) is 24.5 Å². The molecule has 4 unspecified atom stereocenters. The average molecular weight is 616 g/mol. The lowest BCUT2D eigenvalue weighted by atomic mass is 9.63. The standard InChI is InChI=1S/C36H29N3O7/c1-20-18-30-36(26-9-5-6-10-27(26)37-35(36)42)31(34(41)25-19-23(45-2)16-17-29(25)46-3)32(38(30)28-11-7-4-8-24(20)28)33(40)21-12-14-22(15-13-21)39(43)44/h4-19,30-32H,1-3H3,(H,37,42). The molecule has 46 heavy (non-hydrogen) atoms. The van der Waals surface area contributed by atoms with Crippen molar-refractivity contribution in [3.8, 4) is 11.5 Å². The Morgan fingerprint density at radius 2 is 1.63 bits per heavy atom. The number of benzene rings is 4. The van der Waals surface area contributed by atoms with Gasteiger partial charge >= 0.3 is 0 Å². The van der Waals surface area contributed by atoms with Crippen molar-refractivity contribution in [1.29, 1.82) is 0 Å². The van der Waals surface area contributed by atoms with Crippen LogP contribution in [-0.4, -0.2) is 48.7 Å². The van der Waals surface area contributed by atoms with E-state index in [1.807, 2.05) is 60.4 Å². The fraction of sp³-hybridized carbons (Fsp3) is 0.194. The number of non-ortho nitro benzene ring substituents is 1. The zero-order valence-electron chi connectivity index (χ0n) is 25.2. The van der Waals surface area contributed by atoms with Crippen molar-refractivity contribution >= 4 is 40.1 Å². The summed E-state index contributed by atoms with van der Waals surface area (Å²) in [5, 5.41) is 14.4. The minimum atomic E-state index is -1.53. The molecule has 1 saturated heterocycles. The SMILES string of the molecule is COc1ccc(OC)c(C(=O)C2C(C(=O)c3ccc([N+](=O)[O-])cc3)N3c4ccccc4C(C)=CC3C23C(=O)Nc2ccccc23)c1. The predicted octanol–water partition coefficient (Wildman–Crippen LogP) is 5.86. The van der Waals surface area contributed by atoms with Gasteiger partial charge in [-0.25, -0.2) is 0 Å². The highest BCUT2D eigenvalue weighted by Crippen LogP contribution is 2.59. The molecule has 10 heteroatoms. The number of anilines is 2. The van der Waals surface area contributed by atoms with E-state index in [0.29, 0.717) is 22.7 Å². The molecule has 0 saturated carbocycles. The van der Waals surface area contributed by atoms with Crippen molar-refractivity contribution in [1.82, 2.24) is 0 Å². The second-order valence-corrected chi connectivity index (χ2v) is 11.6. The van der Waals surface area contributed by atoms with Crippen LogP contribution in [0.3, 0.4) is 0 Å². The van der Waals surface area contributed by atoms with Crippen LogP contribution in [0.25, 0.3) is 5.57 Å². The van der Waals surface area contributed by atoms with Gasteiger partial charge < -0.3 is 19.7 Å². The van der Waals surface area contributed by atoms with Crippen molar-refractivity contribution in [2.45, 2.75) is 24.4 Å². The minimum Gasteiger partial charge on any atom is -0.497 e. The summed E-state index contributed by atoms with van der Waals surface area (Å²) >= 11 is 0. The molecule has 3 heterocycles. The minimum absolute atomic E-state index is 0.165. The first-order chi connectivity index (χ1) is 22.2. The Labute approximate surface area is 264 Å². The Morgan fingerprint density at radius 1 is 0.913 bits per heavy atom. The summed E-state index contributed by atoms with van der Waals surface area (Å²) in [6, 6.07) is 23.1. The van der Waals surface area contributed by atoms with Crippen LogP contribution in [0.1, 0.15) is 38.8 Å². The van der Waals surface area contributed by atoms with E-state index in [4.69, 9.17) is 9.47 Å². The Morgan fingerprint density at radius 3 is 2.35 bits per heavy atom. The maximum atomic E-state index is 15.2. The number of nitro groups is 1. The van der Waals surface area contributed by atoms with Gasteiger partial charge in [0.15, 0.2) is 11.6 Å². The van der Waals surface area contributed by atoms with Crippen LogP contribution in [0.2, 0.25) is 0 Å². The van der Waals surface area contributed by atoms with Crippen molar-refractivity contribution in [3.05, 3.63) is 129 Å². The number of Topliss-reactive ketones (excluding diaryl/α,β-unsaturated/α-hetero) is 2. The van der Waals surface area contributed by atoms with Crippen LogP contribution >= 0.6 is 0 Å². The van der Waals surface area contributed by atoms with E-state index in [0.717, 1.165) is 11.1 Å². The number of ether oxygens (including phenoxy) is 2. The lowest BCUT2D eigenvalue weighted by Crippen LogP contribution is -2.51. The molecule has 10 nitrogen and oxygen atoms in total. The number of fused-ring (bicyclic) bond motifs is 6. The first-order valence-electron chi connectivity index (χ1n) is 14.7. The topological polar surface area (TPSA) is 128 Å². The van der Waals surface area contributed by atoms with Gasteiger partial charge in [0.1, 0.15) is 23.0 Å². The molecule has 0 aromatic heterocycles. The average Bonchev–Trinajstić information content (AvgIpc) is 3.55. The second kappa shape index (κ2) is 10.7. The molecule has 7 rings (SSSR count). The van der Waals surface area contributed by atoms with Crippen LogP contribution < -0.4 is 19.7 Å². The third kappa shape index (κ3) is 3.99. The van der Waals surface area contributed by atoms with E-state index < -0.39 is 45.8 Å². The molecular weight excluding hydrogens is 586 g/mol. The summed E-state index contributed by atoms with van der Waals surface area (Å²) in [6.07, 6.45) is 1.97. The first-order valence-corrected chi connectivity index (χ1v) is 14.7. The third-order valence-electron chi connectivity index (χ3n) is 9.47. The summed E-state index contributed by atoms with van der Waals surface area (Å²) in [5.41, 5.74) is 2.30. The Hall–Kier alpha value is -5.77. The van der Waals surface area contributed by atoms with Crippen LogP contribution in [0.15, 0.2) is 97.1 Å². The van der Waals surface area contributed by atoms with Gasteiger partial charge in [0.2, 0.25) is 5.91 Å². The number of allylic oxidation sites excluding steroid dienone is 1. The quantitative estimate of drug-likeness (QED) is 0.156. The molecular formula is C36H29N3O7. The molecule has 4 aromatic rings. The van der Waals surface area contributed by atoms with Gasteiger partial charge in [0.05, 0.1) is 36.7 Å². The summed E-state index contributed by atoms with van der Waals surface area (Å²) in [7, 11) is 2.94. The molecule has 4 atom stereocenters. The second-order valence-electron chi connectivity index (χ2n) is 11.6. The molecule has 3 aliphatic rings. The number of ketones is 2. The molecule has 1 N–H and O–H groups in total. The van der Waals surface area contributed by atoms with E-state index in [1.54, 1.807) is 24.3 Å². The van der Waals surface area contributed by atoms with E-state index in [2.05, 4.69) is 5.32 Å². The molecule has 3 aliphatic heterocycles. The van der Waals surface area contributed by atoms with Gasteiger partial charge in [-0.1, -0.05) is 42.5 Å². The van der Waals surface area contributed by atoms with Gasteiger partial charge in [0.25, 0.3) is 5.69 Å². The Kier molecular flexibility index (Phi) is 6.73. The highest BCUT2D eigenvalue weighted by atomic mass is 16.6. The number of rotatable bonds is 7. The van der Waals surface area contributed by atoms with Gasteiger partial charge in [-0.2, -0.15) is 0 Å². The lowest BCUT2D eigenvalue weighted by molar-refractivity contribution is -0.384. The molecule has 1 amide bonds. The van der Waals surface area contributed by atoms with Gasteiger partial charge in [-0.05, 0) is 60.5 Å². The van der Waals surface area contributed by atoms with E-state index in [-0.39, 0.29) is 22.6 Å². The van der Waals surface area contributed by atoms with Crippen molar-refractivity contribution in [2.24, 2.45) is 5.92 Å². The van der Waals surface area contributed by atoms with Crippen LogP contribution in [0, 0.1) is 16.0 Å². The first kappa shape index (κ1) is 29.0. The van der Waals surface area contributed by atoms with E-state index in [9.17, 15) is 19.7 Å². The summed E-state index contributed by atoms with van der Waals surface area (Å²) in [6.45, 7) is 1.95. The molecule has 0 radical (unpaired) electrons. The molecule has 230 valence electrons. The van der Waals surface area contributed by atoms with Crippen molar-refractivity contribution < 1.29 is 28.8 Å². The number of hydrogen-bond acceptors (Lipinski definition) is 8. The fourth-order valence-corrected chi connectivity index (χ4v) is 7.48. The normalized spacial score (nSPS) is 22.3. The monoisotopic (exact) mass is 615 g/mol. The number of nitro benzene ring substituents is 1. The van der Waals surface area contributed by atoms with Crippen molar-refractivity contribution in [3.63, 3.8) is 0 Å². The van der Waals surface area contributed by atoms with Crippen LogP contribution in [0.4, 0.5) is 17.1 Å². The third-order valence-corrected chi connectivity index (χ3v) is 9.47. The van der Waals surface area contributed by atoms with Crippen LogP contribution in [-0.2, 0) is 10.2 Å². The summed E-state index contributed by atoms with van der Waals surface area (Å²) in [4.78, 5) is 57.5. The Balaban J connectivity index is 1.55. The van der Waals surface area contributed by atoms with Crippen LogP contribution in [0.5, 0.6) is 11.5 Å². The maximum Gasteiger partial charge on any atom is 0.269 e. The number of methoxy groups -OCH3 is 2. The zero-order valence-corrected chi connectivity index (χ0v) is 25.2. The number of amides is 1. The molecule has 1 fully saturated rings. The number of hydrogen-bond donors (Lipinski definition) is 1. The zero-order chi connectivity index (χ0) is 32.3. The number of carbonyl (C=O) groups is 3. The Bertz CT molecular complexity index is 1990. The van der Waals surface area contributed by atoms with Gasteiger partial charge in [-0.15, -0.1) is 0 Å². The van der Waals surface area contributed by atoms with Crippen molar-refractivity contribution in [2.75, 3.05) is 24.4 Å². The predicted molar refractivity (Wildman–Crippen MR) is 172 cm³/mol. The van der Waals surface area contributed by atoms with Gasteiger partial charge in [0, 0.05) is 34.6 Å². The number of carbonyl (C=O) groups excluding carboxylic acids is 3. The summed E-state index contributed by atoms with van der Waals surface area (Å²) in [5.74, 6) is -1.89. The number of nitrogens with one attached hydrogen (secondary N) is 1. The smallest absolute Gasteiger partial charge is 0.269 e. The molecule has 0 bridgehead atoms. The highest BCUT2D eigenvalue weighted by Gasteiger charge is 2.70. The number of nitrogens with zero attached hydrogens (tertiary/aromatic N) is 2.